The van der Waals surface area contributed by atoms with E-state index in [1.807, 2.05) is 18.2 Å². The molecule has 1 heterocycles. The molecular weight excluding hydrogens is 279 g/mol. The van der Waals surface area contributed by atoms with Gasteiger partial charge in [-0.3, -0.25) is 4.90 Å². The molecule has 0 amide bonds. The second kappa shape index (κ2) is 6.94. The van der Waals surface area contributed by atoms with Crippen LogP contribution >= 0.6 is 23.2 Å². The van der Waals surface area contributed by atoms with Crippen molar-refractivity contribution < 1.29 is 0 Å². The van der Waals surface area contributed by atoms with Crippen LogP contribution in [-0.4, -0.2) is 42.5 Å². The normalized spacial score (nSPS) is 18.2. The fraction of sp³-hybridized carbons (Fsp3) is 0.600. The third kappa shape index (κ3) is 4.64. The van der Waals surface area contributed by atoms with Crippen LogP contribution in [0.1, 0.15) is 19.4 Å². The Hall–Kier alpha value is -0.280. The minimum absolute atomic E-state index is 0.704. The Morgan fingerprint density at radius 3 is 2.26 bits per heavy atom. The first-order valence-corrected chi connectivity index (χ1v) is 7.69. The van der Waals surface area contributed by atoms with Gasteiger partial charge in [0.15, 0.2) is 0 Å². The van der Waals surface area contributed by atoms with E-state index < -0.39 is 0 Å². The van der Waals surface area contributed by atoms with Crippen LogP contribution in [-0.2, 0) is 6.54 Å². The molecule has 1 aromatic rings. The van der Waals surface area contributed by atoms with Gasteiger partial charge in [-0.15, -0.1) is 0 Å². The van der Waals surface area contributed by atoms with Crippen molar-refractivity contribution in [3.63, 3.8) is 0 Å². The van der Waals surface area contributed by atoms with Gasteiger partial charge in [0.1, 0.15) is 0 Å². The standard InChI is InChI=1S/C15H22Cl2N2/c1-12(2)10-18-5-7-19(8-6-18)11-13-3-4-14(16)9-15(13)17/h3-4,9,12H,5-8,10-11H2,1-2H3. The van der Waals surface area contributed by atoms with E-state index in [-0.39, 0.29) is 0 Å². The van der Waals surface area contributed by atoms with E-state index in [1.54, 1.807) is 0 Å². The second-order valence-electron chi connectivity index (χ2n) is 5.71. The van der Waals surface area contributed by atoms with Crippen molar-refractivity contribution in [2.45, 2.75) is 20.4 Å². The van der Waals surface area contributed by atoms with Gasteiger partial charge in [-0.2, -0.15) is 0 Å². The molecule has 0 unspecified atom stereocenters. The third-order valence-corrected chi connectivity index (χ3v) is 4.08. The molecule has 0 bridgehead atoms. The number of benzene rings is 1. The first-order valence-electron chi connectivity index (χ1n) is 6.93. The maximum absolute atomic E-state index is 6.22. The Bertz CT molecular complexity index is 413. The summed E-state index contributed by atoms with van der Waals surface area (Å²) in [6.45, 7) is 11.2. The molecule has 4 heteroatoms. The lowest BCUT2D eigenvalue weighted by Gasteiger charge is -2.35. The molecule has 0 spiro atoms. The fourth-order valence-electron chi connectivity index (χ4n) is 2.54. The predicted octanol–water partition coefficient (Wildman–Crippen LogP) is 3.77. The summed E-state index contributed by atoms with van der Waals surface area (Å²) in [6, 6.07) is 5.77. The third-order valence-electron chi connectivity index (χ3n) is 3.50. The molecule has 2 rings (SSSR count). The smallest absolute Gasteiger partial charge is 0.0465 e. The highest BCUT2D eigenvalue weighted by molar-refractivity contribution is 6.35. The number of rotatable bonds is 4. The molecule has 1 aliphatic heterocycles. The van der Waals surface area contributed by atoms with Gasteiger partial charge < -0.3 is 4.90 Å². The maximum Gasteiger partial charge on any atom is 0.0465 e. The van der Waals surface area contributed by atoms with Crippen LogP contribution in [0.5, 0.6) is 0 Å². The lowest BCUT2D eigenvalue weighted by atomic mass is 10.1. The van der Waals surface area contributed by atoms with E-state index in [1.165, 1.54) is 12.1 Å². The van der Waals surface area contributed by atoms with Crippen LogP contribution < -0.4 is 0 Å². The monoisotopic (exact) mass is 300 g/mol. The van der Waals surface area contributed by atoms with Gasteiger partial charge >= 0.3 is 0 Å². The Balaban J connectivity index is 1.85. The van der Waals surface area contributed by atoms with Crippen LogP contribution in [0.2, 0.25) is 10.0 Å². The first kappa shape index (κ1) is 15.1. The molecule has 0 saturated carbocycles. The van der Waals surface area contributed by atoms with Crippen molar-refractivity contribution in [3.8, 4) is 0 Å². The highest BCUT2D eigenvalue weighted by atomic mass is 35.5. The van der Waals surface area contributed by atoms with Gasteiger partial charge in [-0.1, -0.05) is 43.1 Å². The highest BCUT2D eigenvalue weighted by Gasteiger charge is 2.18. The van der Waals surface area contributed by atoms with E-state index >= 15 is 0 Å². The summed E-state index contributed by atoms with van der Waals surface area (Å²) >= 11 is 12.1. The maximum atomic E-state index is 6.22. The van der Waals surface area contributed by atoms with E-state index in [9.17, 15) is 0 Å². The zero-order valence-corrected chi connectivity index (χ0v) is 13.2. The number of hydrogen-bond acceptors (Lipinski definition) is 2. The summed E-state index contributed by atoms with van der Waals surface area (Å²) < 4.78 is 0. The SMILES string of the molecule is CC(C)CN1CCN(Cc2ccc(Cl)cc2Cl)CC1. The van der Waals surface area contributed by atoms with Gasteiger partial charge in [-0.05, 0) is 23.6 Å². The fourth-order valence-corrected chi connectivity index (χ4v) is 3.01. The molecule has 0 N–H and O–H groups in total. The average molecular weight is 301 g/mol. The molecule has 106 valence electrons. The molecule has 0 aliphatic carbocycles. The average Bonchev–Trinajstić information content (AvgIpc) is 2.34. The molecular formula is C15H22Cl2N2. The van der Waals surface area contributed by atoms with Gasteiger partial charge in [0.25, 0.3) is 0 Å². The molecule has 0 radical (unpaired) electrons. The molecule has 1 saturated heterocycles. The molecule has 2 nitrogen and oxygen atoms in total. The molecule has 0 atom stereocenters. The van der Waals surface area contributed by atoms with Crippen LogP contribution in [0.15, 0.2) is 18.2 Å². The van der Waals surface area contributed by atoms with Gasteiger partial charge in [0.2, 0.25) is 0 Å². The number of halogens is 2. The van der Waals surface area contributed by atoms with E-state index in [0.29, 0.717) is 5.02 Å². The largest absolute Gasteiger partial charge is 0.301 e. The van der Waals surface area contributed by atoms with Crippen molar-refractivity contribution in [2.24, 2.45) is 5.92 Å². The summed E-state index contributed by atoms with van der Waals surface area (Å²) in [6.07, 6.45) is 0. The summed E-state index contributed by atoms with van der Waals surface area (Å²) in [5, 5.41) is 1.48. The summed E-state index contributed by atoms with van der Waals surface area (Å²) in [5.41, 5.74) is 1.17. The number of hydrogen-bond donors (Lipinski definition) is 0. The van der Waals surface area contributed by atoms with Crippen molar-refractivity contribution in [1.82, 2.24) is 9.80 Å². The predicted molar refractivity (Wildman–Crippen MR) is 83.0 cm³/mol. The van der Waals surface area contributed by atoms with E-state index in [0.717, 1.165) is 43.7 Å². The Morgan fingerprint density at radius 1 is 1.05 bits per heavy atom. The Kier molecular flexibility index (Phi) is 5.52. The van der Waals surface area contributed by atoms with E-state index in [2.05, 4.69) is 23.6 Å². The van der Waals surface area contributed by atoms with E-state index in [4.69, 9.17) is 23.2 Å². The Labute approximate surface area is 126 Å². The molecule has 0 aromatic heterocycles. The number of piperazine rings is 1. The highest BCUT2D eigenvalue weighted by Crippen LogP contribution is 2.22. The summed E-state index contributed by atoms with van der Waals surface area (Å²) in [4.78, 5) is 5.01. The number of nitrogens with zero attached hydrogens (tertiary/aromatic N) is 2. The van der Waals surface area contributed by atoms with Crippen molar-refractivity contribution in [3.05, 3.63) is 33.8 Å². The summed E-state index contributed by atoms with van der Waals surface area (Å²) in [5.74, 6) is 0.747. The Morgan fingerprint density at radius 2 is 1.68 bits per heavy atom. The topological polar surface area (TPSA) is 6.48 Å². The van der Waals surface area contributed by atoms with Crippen molar-refractivity contribution >= 4 is 23.2 Å². The molecule has 1 aliphatic rings. The zero-order valence-electron chi connectivity index (χ0n) is 11.7. The van der Waals surface area contributed by atoms with Crippen molar-refractivity contribution in [2.75, 3.05) is 32.7 Å². The summed E-state index contributed by atoms with van der Waals surface area (Å²) in [7, 11) is 0. The molecule has 1 fully saturated rings. The quantitative estimate of drug-likeness (QED) is 0.835. The second-order valence-corrected chi connectivity index (χ2v) is 6.55. The van der Waals surface area contributed by atoms with Crippen molar-refractivity contribution in [1.29, 1.82) is 0 Å². The van der Waals surface area contributed by atoms with Crippen LogP contribution in [0.4, 0.5) is 0 Å². The minimum Gasteiger partial charge on any atom is -0.301 e. The zero-order chi connectivity index (χ0) is 13.8. The molecule has 19 heavy (non-hydrogen) atoms. The van der Waals surface area contributed by atoms with Gasteiger partial charge in [-0.25, -0.2) is 0 Å². The van der Waals surface area contributed by atoms with Crippen LogP contribution in [0, 0.1) is 5.92 Å². The lowest BCUT2D eigenvalue weighted by Crippen LogP contribution is -2.46. The van der Waals surface area contributed by atoms with Crippen LogP contribution in [0.25, 0.3) is 0 Å². The van der Waals surface area contributed by atoms with Gasteiger partial charge in [0.05, 0.1) is 0 Å². The first-order chi connectivity index (χ1) is 9.04. The minimum atomic E-state index is 0.704. The lowest BCUT2D eigenvalue weighted by molar-refractivity contribution is 0.117. The van der Waals surface area contributed by atoms with Gasteiger partial charge in [0, 0.05) is 49.3 Å². The molecule has 1 aromatic carbocycles. The van der Waals surface area contributed by atoms with Crippen LogP contribution in [0.3, 0.4) is 0 Å².